The molecule has 1 aliphatic heterocycles. The van der Waals surface area contributed by atoms with Crippen LogP contribution in [0.3, 0.4) is 0 Å². The summed E-state index contributed by atoms with van der Waals surface area (Å²) >= 11 is 0. The first-order chi connectivity index (χ1) is 12.0. The molecule has 8 nitrogen and oxygen atoms in total. The van der Waals surface area contributed by atoms with Crippen molar-refractivity contribution in [2.24, 2.45) is 0 Å². The molecule has 0 unspecified atom stereocenters. The Bertz CT molecular complexity index is 927. The summed E-state index contributed by atoms with van der Waals surface area (Å²) in [6.45, 7) is 0.562. The molecular formula is C17H18N4O4. The number of hydrogen-bond acceptors (Lipinski definition) is 4. The lowest BCUT2D eigenvalue weighted by molar-refractivity contribution is 0.0673. The zero-order chi connectivity index (χ0) is 17.6. The quantitative estimate of drug-likeness (QED) is 0.748. The summed E-state index contributed by atoms with van der Waals surface area (Å²) in [4.78, 5) is 40.8. The third-order valence-corrected chi connectivity index (χ3v) is 4.99. The number of amides is 1. The molecule has 3 heterocycles. The van der Waals surface area contributed by atoms with Crippen LogP contribution in [0.4, 0.5) is 0 Å². The lowest BCUT2D eigenvalue weighted by Crippen LogP contribution is -2.39. The number of carboxylic acids is 1. The van der Waals surface area contributed by atoms with Gasteiger partial charge in [0.2, 0.25) is 0 Å². The van der Waals surface area contributed by atoms with Crippen LogP contribution in [0.15, 0.2) is 10.9 Å². The number of pyridine rings is 1. The van der Waals surface area contributed by atoms with E-state index >= 15 is 0 Å². The van der Waals surface area contributed by atoms with Crippen LogP contribution in [0.5, 0.6) is 0 Å². The van der Waals surface area contributed by atoms with Gasteiger partial charge in [0.05, 0.1) is 6.54 Å². The third kappa shape index (κ3) is 2.63. The molecule has 2 aromatic rings. The zero-order valence-electron chi connectivity index (χ0n) is 13.6. The fourth-order valence-electron chi connectivity index (χ4n) is 3.65. The predicted molar refractivity (Wildman–Crippen MR) is 87.7 cm³/mol. The number of hydrogen-bond donors (Lipinski definition) is 3. The number of carbonyl (C=O) groups is 2. The Morgan fingerprint density at radius 2 is 1.96 bits per heavy atom. The second-order valence-electron chi connectivity index (χ2n) is 6.53. The molecule has 8 heteroatoms. The maximum absolute atomic E-state index is 12.8. The average molecular weight is 342 g/mol. The molecule has 2 aliphatic rings. The van der Waals surface area contributed by atoms with Crippen LogP contribution in [0.1, 0.15) is 56.2 Å². The predicted octanol–water partition coefficient (Wildman–Crippen LogP) is 0.873. The lowest BCUT2D eigenvalue weighted by Gasteiger charge is -2.27. The van der Waals surface area contributed by atoms with Crippen molar-refractivity contribution in [2.75, 3.05) is 6.54 Å². The lowest BCUT2D eigenvalue weighted by atomic mass is 9.94. The van der Waals surface area contributed by atoms with Gasteiger partial charge in [-0.25, -0.2) is 4.79 Å². The van der Waals surface area contributed by atoms with Crippen LogP contribution in [0, 0.1) is 0 Å². The van der Waals surface area contributed by atoms with E-state index in [0.717, 1.165) is 42.6 Å². The Morgan fingerprint density at radius 1 is 1.16 bits per heavy atom. The summed E-state index contributed by atoms with van der Waals surface area (Å²) in [5.74, 6) is -1.49. The second kappa shape index (κ2) is 5.87. The van der Waals surface area contributed by atoms with Crippen LogP contribution in [0.2, 0.25) is 0 Å². The van der Waals surface area contributed by atoms with Gasteiger partial charge in [-0.15, -0.1) is 0 Å². The normalized spacial score (nSPS) is 16.2. The van der Waals surface area contributed by atoms with E-state index in [2.05, 4.69) is 15.2 Å². The summed E-state index contributed by atoms with van der Waals surface area (Å²) in [6.07, 6.45) is 4.29. The molecule has 1 amide bonds. The molecule has 4 rings (SSSR count). The van der Waals surface area contributed by atoms with Crippen molar-refractivity contribution in [2.45, 2.75) is 38.6 Å². The topological polar surface area (TPSA) is 119 Å². The highest BCUT2D eigenvalue weighted by Crippen LogP contribution is 2.23. The number of aromatic nitrogens is 3. The van der Waals surface area contributed by atoms with Gasteiger partial charge >= 0.3 is 5.97 Å². The van der Waals surface area contributed by atoms with E-state index in [0.29, 0.717) is 18.5 Å². The van der Waals surface area contributed by atoms with Gasteiger partial charge in [0.1, 0.15) is 5.56 Å². The SMILES string of the molecule is O=C(O)c1n[nH]c2c1CN(C(=O)c1cc3c([nH]c1=O)CCCC3)CC2. The van der Waals surface area contributed by atoms with E-state index in [1.807, 2.05) is 0 Å². The van der Waals surface area contributed by atoms with Crippen molar-refractivity contribution in [1.82, 2.24) is 20.1 Å². The molecule has 0 radical (unpaired) electrons. The Labute approximate surface area is 142 Å². The van der Waals surface area contributed by atoms with Gasteiger partial charge in [0.15, 0.2) is 5.69 Å². The molecule has 0 saturated heterocycles. The van der Waals surface area contributed by atoms with Crippen molar-refractivity contribution in [1.29, 1.82) is 0 Å². The number of aryl methyl sites for hydroxylation is 2. The van der Waals surface area contributed by atoms with Gasteiger partial charge in [0, 0.05) is 29.9 Å². The van der Waals surface area contributed by atoms with Gasteiger partial charge in [0.25, 0.3) is 11.5 Å². The highest BCUT2D eigenvalue weighted by Gasteiger charge is 2.29. The Kier molecular flexibility index (Phi) is 3.67. The number of nitrogens with zero attached hydrogens (tertiary/aromatic N) is 2. The Morgan fingerprint density at radius 3 is 2.76 bits per heavy atom. The van der Waals surface area contributed by atoms with E-state index in [4.69, 9.17) is 0 Å². The van der Waals surface area contributed by atoms with Crippen LogP contribution in [-0.2, 0) is 25.8 Å². The van der Waals surface area contributed by atoms with Crippen molar-refractivity contribution >= 4 is 11.9 Å². The van der Waals surface area contributed by atoms with Crippen molar-refractivity contribution in [3.8, 4) is 0 Å². The highest BCUT2D eigenvalue weighted by molar-refractivity contribution is 5.94. The zero-order valence-corrected chi connectivity index (χ0v) is 13.6. The van der Waals surface area contributed by atoms with Gasteiger partial charge in [-0.1, -0.05) is 0 Å². The molecule has 0 bridgehead atoms. The second-order valence-corrected chi connectivity index (χ2v) is 6.53. The largest absolute Gasteiger partial charge is 0.476 e. The summed E-state index contributed by atoms with van der Waals surface area (Å²) < 4.78 is 0. The van der Waals surface area contributed by atoms with E-state index in [9.17, 15) is 19.5 Å². The summed E-state index contributed by atoms with van der Waals surface area (Å²) in [6, 6.07) is 1.71. The molecule has 130 valence electrons. The van der Waals surface area contributed by atoms with Crippen LogP contribution in [0.25, 0.3) is 0 Å². The first-order valence-corrected chi connectivity index (χ1v) is 8.38. The number of H-pyrrole nitrogens is 2. The van der Waals surface area contributed by atoms with Crippen LogP contribution in [-0.4, -0.2) is 43.6 Å². The number of carbonyl (C=O) groups excluding carboxylic acids is 1. The van der Waals surface area contributed by atoms with E-state index < -0.39 is 5.97 Å². The first-order valence-electron chi connectivity index (χ1n) is 8.38. The standard InChI is InChI=1S/C17H18N4O4/c22-15-10(7-9-3-1-2-4-12(9)18-15)16(23)21-6-5-13-11(8-21)14(17(24)25)20-19-13/h7H,1-6,8H2,(H,18,22)(H,19,20)(H,24,25). The van der Waals surface area contributed by atoms with Gasteiger partial charge in [-0.05, 0) is 37.3 Å². The summed E-state index contributed by atoms with van der Waals surface area (Å²) in [7, 11) is 0. The number of nitrogens with one attached hydrogen (secondary N) is 2. The molecule has 1 aliphatic carbocycles. The molecule has 2 aromatic heterocycles. The number of rotatable bonds is 2. The Hall–Kier alpha value is -2.90. The summed E-state index contributed by atoms with van der Waals surface area (Å²) in [5.41, 5.74) is 2.90. The fourth-order valence-corrected chi connectivity index (χ4v) is 3.65. The minimum Gasteiger partial charge on any atom is -0.476 e. The minimum absolute atomic E-state index is 0.0631. The van der Waals surface area contributed by atoms with E-state index in [-0.39, 0.29) is 29.3 Å². The molecule has 0 aromatic carbocycles. The molecule has 0 saturated carbocycles. The third-order valence-electron chi connectivity index (χ3n) is 4.99. The monoisotopic (exact) mass is 342 g/mol. The van der Waals surface area contributed by atoms with Crippen molar-refractivity contribution in [3.63, 3.8) is 0 Å². The summed E-state index contributed by atoms with van der Waals surface area (Å²) in [5, 5.41) is 15.7. The van der Waals surface area contributed by atoms with Crippen LogP contribution < -0.4 is 5.56 Å². The first kappa shape index (κ1) is 15.6. The number of carboxylic acid groups (broad SMARTS) is 1. The molecule has 0 fully saturated rings. The van der Waals surface area contributed by atoms with Gasteiger partial charge in [-0.3, -0.25) is 14.7 Å². The van der Waals surface area contributed by atoms with Crippen LogP contribution >= 0.6 is 0 Å². The number of fused-ring (bicyclic) bond motifs is 2. The van der Waals surface area contributed by atoms with E-state index in [1.54, 1.807) is 6.07 Å². The van der Waals surface area contributed by atoms with Crippen molar-refractivity contribution in [3.05, 3.63) is 50.2 Å². The molecule has 0 spiro atoms. The molecule has 3 N–H and O–H groups in total. The van der Waals surface area contributed by atoms with E-state index in [1.165, 1.54) is 4.90 Å². The average Bonchev–Trinajstić information content (AvgIpc) is 3.04. The Balaban J connectivity index is 1.65. The smallest absolute Gasteiger partial charge is 0.356 e. The van der Waals surface area contributed by atoms with Gasteiger partial charge in [-0.2, -0.15) is 5.10 Å². The fraction of sp³-hybridized carbons (Fsp3) is 0.412. The number of aromatic carboxylic acids is 1. The maximum Gasteiger partial charge on any atom is 0.356 e. The molecular weight excluding hydrogens is 324 g/mol. The van der Waals surface area contributed by atoms with Gasteiger partial charge < -0.3 is 15.0 Å². The minimum atomic E-state index is -1.13. The maximum atomic E-state index is 12.8. The van der Waals surface area contributed by atoms with Crippen molar-refractivity contribution < 1.29 is 14.7 Å². The number of aromatic amines is 2. The molecule has 25 heavy (non-hydrogen) atoms. The highest BCUT2D eigenvalue weighted by atomic mass is 16.4. The molecule has 0 atom stereocenters.